The number of amides is 1. The molecular formula is C22H34N4O4+2. The normalized spacial score (nSPS) is 22.7. The fraction of sp³-hybridized carbons (Fsp3) is 0.636. The number of rotatable bonds is 8. The lowest BCUT2D eigenvalue weighted by molar-refractivity contribution is -1.02. The number of piperazine rings is 1. The Kier molecular flexibility index (Phi) is 7.40. The van der Waals surface area contributed by atoms with E-state index in [9.17, 15) is 10.1 Å². The largest absolute Gasteiger partial charge is 0.493 e. The van der Waals surface area contributed by atoms with E-state index in [1.54, 1.807) is 21.3 Å². The van der Waals surface area contributed by atoms with Crippen LogP contribution in [0.15, 0.2) is 12.1 Å². The van der Waals surface area contributed by atoms with Crippen molar-refractivity contribution in [1.82, 2.24) is 5.32 Å². The van der Waals surface area contributed by atoms with E-state index >= 15 is 0 Å². The van der Waals surface area contributed by atoms with E-state index in [0.717, 1.165) is 69.7 Å². The van der Waals surface area contributed by atoms with E-state index < -0.39 is 5.54 Å². The van der Waals surface area contributed by atoms with Crippen molar-refractivity contribution in [2.75, 3.05) is 54.1 Å². The molecule has 1 aliphatic heterocycles. The highest BCUT2D eigenvalue weighted by atomic mass is 16.5. The molecule has 164 valence electrons. The highest BCUT2D eigenvalue weighted by Crippen LogP contribution is 2.39. The van der Waals surface area contributed by atoms with Gasteiger partial charge >= 0.3 is 0 Å². The Balaban J connectivity index is 1.53. The summed E-state index contributed by atoms with van der Waals surface area (Å²) in [5.74, 6) is 2.00. The third kappa shape index (κ3) is 4.97. The number of carbonyl (C=O) groups excluding carboxylic acids is 1. The zero-order valence-corrected chi connectivity index (χ0v) is 18.3. The van der Waals surface area contributed by atoms with E-state index in [2.05, 4.69) is 11.4 Å². The molecule has 0 unspecified atom stereocenters. The van der Waals surface area contributed by atoms with Crippen LogP contribution in [-0.2, 0) is 11.3 Å². The van der Waals surface area contributed by atoms with Crippen LogP contribution in [0.2, 0.25) is 0 Å². The topological polar surface area (TPSA) is 89.5 Å². The van der Waals surface area contributed by atoms with Crippen molar-refractivity contribution in [3.05, 3.63) is 17.7 Å². The van der Waals surface area contributed by atoms with E-state index in [-0.39, 0.29) is 5.91 Å². The molecule has 1 aromatic rings. The summed E-state index contributed by atoms with van der Waals surface area (Å²) in [7, 11) is 4.88. The first-order valence-corrected chi connectivity index (χ1v) is 10.7. The van der Waals surface area contributed by atoms with Crippen molar-refractivity contribution in [3.63, 3.8) is 0 Å². The first kappa shape index (κ1) is 22.2. The lowest BCUT2D eigenvalue weighted by atomic mass is 10.00. The Bertz CT molecular complexity index is 778. The monoisotopic (exact) mass is 418 g/mol. The molecule has 2 fully saturated rings. The van der Waals surface area contributed by atoms with Crippen LogP contribution < -0.4 is 29.3 Å². The lowest BCUT2D eigenvalue weighted by Gasteiger charge is -2.30. The third-order valence-electron chi connectivity index (χ3n) is 6.35. The third-order valence-corrected chi connectivity index (χ3v) is 6.35. The van der Waals surface area contributed by atoms with E-state index in [1.165, 1.54) is 9.80 Å². The Morgan fingerprint density at radius 2 is 1.67 bits per heavy atom. The van der Waals surface area contributed by atoms with Gasteiger partial charge in [-0.05, 0) is 37.8 Å². The molecule has 1 heterocycles. The number of quaternary nitrogens is 2. The molecule has 0 aromatic heterocycles. The zero-order chi connectivity index (χ0) is 21.6. The maximum Gasteiger partial charge on any atom is 0.276 e. The second kappa shape index (κ2) is 10.0. The van der Waals surface area contributed by atoms with Crippen LogP contribution in [0.25, 0.3) is 0 Å². The van der Waals surface area contributed by atoms with Gasteiger partial charge in [-0.1, -0.05) is 0 Å². The van der Waals surface area contributed by atoms with Gasteiger partial charge < -0.3 is 29.3 Å². The standard InChI is InChI=1S/C22H32N4O4/c1-28-18-7-6-17(20(29-2)21(18)30-3)14-25-10-12-26(13-11-25)15-19(27)24-22(16-23)8-4-5-9-22/h6-7H,4-5,8-15H2,1-3H3,(H,24,27)/p+2. The fourth-order valence-corrected chi connectivity index (χ4v) is 4.66. The predicted octanol–water partition coefficient (Wildman–Crippen LogP) is -1.05. The van der Waals surface area contributed by atoms with Crippen molar-refractivity contribution in [1.29, 1.82) is 5.26 Å². The highest BCUT2D eigenvalue weighted by Gasteiger charge is 2.36. The molecule has 3 N–H and O–H groups in total. The molecule has 1 aromatic carbocycles. The molecule has 1 saturated heterocycles. The number of hydrogen-bond donors (Lipinski definition) is 3. The zero-order valence-electron chi connectivity index (χ0n) is 18.3. The lowest BCUT2D eigenvalue weighted by Crippen LogP contribution is -3.28. The van der Waals surface area contributed by atoms with Crippen molar-refractivity contribution in [2.45, 2.75) is 37.8 Å². The number of carbonyl (C=O) groups is 1. The highest BCUT2D eigenvalue weighted by molar-refractivity contribution is 5.78. The number of nitrogens with zero attached hydrogens (tertiary/aromatic N) is 1. The van der Waals surface area contributed by atoms with Gasteiger partial charge in [0, 0.05) is 0 Å². The average molecular weight is 419 g/mol. The SMILES string of the molecule is COc1ccc(C[NH+]2CC[NH+](CC(=O)NC3(C#N)CCCC3)CC2)c(OC)c1OC. The number of methoxy groups -OCH3 is 3. The van der Waals surface area contributed by atoms with Gasteiger partial charge in [-0.2, -0.15) is 5.26 Å². The molecule has 0 spiro atoms. The molecule has 1 aliphatic carbocycles. The van der Waals surface area contributed by atoms with Crippen LogP contribution in [0.1, 0.15) is 31.2 Å². The summed E-state index contributed by atoms with van der Waals surface area (Å²) in [4.78, 5) is 15.2. The van der Waals surface area contributed by atoms with Gasteiger partial charge in [0.2, 0.25) is 5.75 Å². The second-order valence-corrected chi connectivity index (χ2v) is 8.30. The average Bonchev–Trinajstić information content (AvgIpc) is 3.23. The number of benzene rings is 1. The number of ether oxygens (including phenoxy) is 3. The smallest absolute Gasteiger partial charge is 0.276 e. The van der Waals surface area contributed by atoms with Gasteiger partial charge in [-0.25, -0.2) is 0 Å². The van der Waals surface area contributed by atoms with Crippen LogP contribution in [0.5, 0.6) is 17.2 Å². The summed E-state index contributed by atoms with van der Waals surface area (Å²) in [6.45, 7) is 5.08. The molecule has 0 atom stereocenters. The van der Waals surface area contributed by atoms with E-state index in [4.69, 9.17) is 14.2 Å². The first-order chi connectivity index (χ1) is 14.5. The van der Waals surface area contributed by atoms with Crippen molar-refractivity contribution in [2.24, 2.45) is 0 Å². The summed E-state index contributed by atoms with van der Waals surface area (Å²) < 4.78 is 16.5. The molecule has 8 nitrogen and oxygen atoms in total. The summed E-state index contributed by atoms with van der Waals surface area (Å²) in [6.07, 6.45) is 3.58. The fourth-order valence-electron chi connectivity index (χ4n) is 4.66. The number of nitrogens with one attached hydrogen (secondary N) is 3. The van der Waals surface area contributed by atoms with Gasteiger partial charge in [-0.15, -0.1) is 0 Å². The minimum atomic E-state index is -0.631. The summed E-state index contributed by atoms with van der Waals surface area (Å²) in [5, 5.41) is 12.5. The van der Waals surface area contributed by atoms with Gasteiger partial charge in [0.15, 0.2) is 18.0 Å². The van der Waals surface area contributed by atoms with Gasteiger partial charge in [-0.3, -0.25) is 4.79 Å². The molecule has 30 heavy (non-hydrogen) atoms. The molecule has 8 heteroatoms. The minimum Gasteiger partial charge on any atom is -0.493 e. The summed E-state index contributed by atoms with van der Waals surface area (Å²) in [6, 6.07) is 6.28. The molecule has 3 rings (SSSR count). The Morgan fingerprint density at radius 1 is 1.03 bits per heavy atom. The molecule has 1 saturated carbocycles. The van der Waals surface area contributed by atoms with Crippen molar-refractivity contribution >= 4 is 5.91 Å². The maximum absolute atomic E-state index is 12.5. The van der Waals surface area contributed by atoms with E-state index in [1.807, 2.05) is 12.1 Å². The van der Waals surface area contributed by atoms with Crippen molar-refractivity contribution in [3.8, 4) is 23.3 Å². The van der Waals surface area contributed by atoms with Crippen LogP contribution >= 0.6 is 0 Å². The predicted molar refractivity (Wildman–Crippen MR) is 111 cm³/mol. The molecule has 2 aliphatic rings. The maximum atomic E-state index is 12.5. The first-order valence-electron chi connectivity index (χ1n) is 10.7. The van der Waals surface area contributed by atoms with Crippen LogP contribution in [-0.4, -0.2) is 65.5 Å². The Hall–Kier alpha value is -2.50. The van der Waals surface area contributed by atoms with E-state index in [0.29, 0.717) is 18.0 Å². The van der Waals surface area contributed by atoms with Crippen LogP contribution in [0.3, 0.4) is 0 Å². The summed E-state index contributed by atoms with van der Waals surface area (Å²) >= 11 is 0. The Labute approximate surface area is 178 Å². The van der Waals surface area contributed by atoms with Crippen LogP contribution in [0, 0.1) is 11.3 Å². The van der Waals surface area contributed by atoms with Gasteiger partial charge in [0.1, 0.15) is 38.3 Å². The van der Waals surface area contributed by atoms with Gasteiger partial charge in [0.05, 0.1) is 33.0 Å². The molecule has 1 amide bonds. The Morgan fingerprint density at radius 3 is 2.23 bits per heavy atom. The van der Waals surface area contributed by atoms with Crippen LogP contribution in [0.4, 0.5) is 0 Å². The number of hydrogen-bond acceptors (Lipinski definition) is 5. The second-order valence-electron chi connectivity index (χ2n) is 8.30. The summed E-state index contributed by atoms with van der Waals surface area (Å²) in [5.41, 5.74) is 0.455. The minimum absolute atomic E-state index is 0.00143. The molecule has 0 radical (unpaired) electrons. The molecular weight excluding hydrogens is 384 g/mol. The quantitative estimate of drug-likeness (QED) is 0.501. The van der Waals surface area contributed by atoms with Crippen molar-refractivity contribution < 1.29 is 28.8 Å². The molecule has 0 bridgehead atoms. The number of nitriles is 1. The van der Waals surface area contributed by atoms with Gasteiger partial charge in [0.25, 0.3) is 5.91 Å².